The summed E-state index contributed by atoms with van der Waals surface area (Å²) >= 11 is 0. The maximum atomic E-state index is 13.9. The summed E-state index contributed by atoms with van der Waals surface area (Å²) < 4.78 is 0. The van der Waals surface area contributed by atoms with E-state index >= 15 is 0 Å². The second-order valence-electron chi connectivity index (χ2n) is 10.5. The van der Waals surface area contributed by atoms with Gasteiger partial charge >= 0.3 is 0 Å². The number of benzene rings is 1. The molecule has 0 spiro atoms. The average molecular weight is 535 g/mol. The Bertz CT molecular complexity index is 1250. The van der Waals surface area contributed by atoms with Crippen LogP contribution in [0.15, 0.2) is 42.6 Å². The number of anilines is 1. The van der Waals surface area contributed by atoms with Crippen LogP contribution in [-0.4, -0.2) is 65.9 Å². The Kier molecular flexibility index (Phi) is 7.87. The summed E-state index contributed by atoms with van der Waals surface area (Å²) in [6.07, 6.45) is 2.87. The van der Waals surface area contributed by atoms with Gasteiger partial charge in [0.05, 0.1) is 11.7 Å². The average Bonchev–Trinajstić information content (AvgIpc) is 3.57. The van der Waals surface area contributed by atoms with Gasteiger partial charge in [-0.3, -0.25) is 29.1 Å². The molecule has 1 aromatic heterocycles. The van der Waals surface area contributed by atoms with Crippen LogP contribution in [0.3, 0.4) is 0 Å². The zero-order chi connectivity index (χ0) is 27.5. The van der Waals surface area contributed by atoms with Crippen LogP contribution in [0.5, 0.6) is 0 Å². The van der Waals surface area contributed by atoms with Crippen LogP contribution in [0.2, 0.25) is 0 Å². The third kappa shape index (κ3) is 5.63. The van der Waals surface area contributed by atoms with Crippen LogP contribution in [0.1, 0.15) is 41.9 Å². The maximum Gasteiger partial charge on any atom is 0.270 e. The second kappa shape index (κ2) is 11.5. The van der Waals surface area contributed by atoms with Gasteiger partial charge in [0.2, 0.25) is 17.7 Å². The largest absolute Gasteiger partial charge is 0.353 e. The molecular weight excluding hydrogens is 500 g/mol. The summed E-state index contributed by atoms with van der Waals surface area (Å²) in [4.78, 5) is 59.0. The van der Waals surface area contributed by atoms with Crippen LogP contribution in [-0.2, 0) is 27.2 Å². The van der Waals surface area contributed by atoms with E-state index in [4.69, 9.17) is 0 Å². The van der Waals surface area contributed by atoms with Crippen LogP contribution in [0, 0.1) is 5.92 Å². The molecule has 4 amide bonds. The highest BCUT2D eigenvalue weighted by molar-refractivity contribution is 6.08. The molecule has 2 aromatic rings. The maximum absolute atomic E-state index is 13.9. The number of nitrogens with one attached hydrogen (secondary N) is 6. The normalized spacial score (nSPS) is 22.7. The summed E-state index contributed by atoms with van der Waals surface area (Å²) in [7, 11) is 0. The van der Waals surface area contributed by atoms with Crippen molar-refractivity contribution >= 4 is 29.3 Å². The molecule has 1 fully saturated rings. The molecule has 4 heterocycles. The lowest BCUT2D eigenvalue weighted by Crippen LogP contribution is -2.58. The topological polar surface area (TPSA) is 157 Å². The molecule has 1 aromatic carbocycles. The lowest BCUT2D eigenvalue weighted by molar-refractivity contribution is -0.130. The van der Waals surface area contributed by atoms with E-state index in [1.165, 1.54) is 6.20 Å². The first-order valence-corrected chi connectivity index (χ1v) is 13.3. The van der Waals surface area contributed by atoms with Crippen molar-refractivity contribution in [3.05, 3.63) is 59.4 Å². The highest BCUT2D eigenvalue weighted by Crippen LogP contribution is 2.39. The Hall–Kier alpha value is -3.87. The van der Waals surface area contributed by atoms with E-state index in [0.717, 1.165) is 16.8 Å². The number of carbonyl (C=O) groups is 4. The summed E-state index contributed by atoms with van der Waals surface area (Å²) in [5, 5.41) is 8.60. The van der Waals surface area contributed by atoms with Crippen molar-refractivity contribution in [1.82, 2.24) is 37.3 Å². The van der Waals surface area contributed by atoms with Gasteiger partial charge in [-0.1, -0.05) is 38.1 Å². The molecular formula is C27H34N8O4. The predicted molar refractivity (Wildman–Crippen MR) is 143 cm³/mol. The van der Waals surface area contributed by atoms with Crippen molar-refractivity contribution < 1.29 is 19.2 Å². The lowest BCUT2D eigenvalue weighted by Gasteiger charge is -2.29. The molecule has 0 bridgehead atoms. The molecule has 5 rings (SSSR count). The van der Waals surface area contributed by atoms with Gasteiger partial charge < -0.3 is 16.0 Å². The summed E-state index contributed by atoms with van der Waals surface area (Å²) in [6, 6.07) is 8.43. The van der Waals surface area contributed by atoms with Crippen LogP contribution >= 0.6 is 0 Å². The van der Waals surface area contributed by atoms with E-state index < -0.39 is 29.9 Å². The zero-order valence-corrected chi connectivity index (χ0v) is 22.0. The van der Waals surface area contributed by atoms with Crippen molar-refractivity contribution in [1.29, 1.82) is 0 Å². The predicted octanol–water partition coefficient (Wildman–Crippen LogP) is -0.678. The van der Waals surface area contributed by atoms with E-state index in [9.17, 15) is 19.2 Å². The fourth-order valence-electron chi connectivity index (χ4n) is 5.33. The number of aryl methyl sites for hydroxylation is 1. The molecule has 206 valence electrons. The quantitative estimate of drug-likeness (QED) is 0.260. The molecule has 0 saturated carbocycles. The molecule has 0 aliphatic carbocycles. The molecule has 1 saturated heterocycles. The smallest absolute Gasteiger partial charge is 0.270 e. The minimum atomic E-state index is -0.868. The third-order valence-electron chi connectivity index (χ3n) is 7.40. The summed E-state index contributed by atoms with van der Waals surface area (Å²) in [6.45, 7) is 4.70. The number of carbonyl (C=O) groups excluding carboxylic acids is 4. The van der Waals surface area contributed by atoms with Crippen LogP contribution < -0.4 is 37.2 Å². The van der Waals surface area contributed by atoms with Crippen molar-refractivity contribution in [3.8, 4) is 0 Å². The number of rotatable bonds is 8. The molecule has 12 heteroatoms. The van der Waals surface area contributed by atoms with E-state index in [-0.39, 0.29) is 29.5 Å². The number of pyridine rings is 1. The van der Waals surface area contributed by atoms with Gasteiger partial charge in [0.15, 0.2) is 0 Å². The number of hydrogen-bond donors (Lipinski definition) is 6. The monoisotopic (exact) mass is 534 g/mol. The van der Waals surface area contributed by atoms with Gasteiger partial charge in [0.25, 0.3) is 5.91 Å². The molecule has 3 aliphatic rings. The fraction of sp³-hybridized carbons (Fsp3) is 0.444. The number of amides is 4. The number of nitrogens with zero attached hydrogens (tertiary/aromatic N) is 2. The van der Waals surface area contributed by atoms with Crippen molar-refractivity contribution in [3.63, 3.8) is 0 Å². The van der Waals surface area contributed by atoms with Gasteiger partial charge in [-0.15, -0.1) is 0 Å². The molecule has 3 aliphatic heterocycles. The fourth-order valence-corrected chi connectivity index (χ4v) is 5.33. The summed E-state index contributed by atoms with van der Waals surface area (Å²) in [5.74, 6) is -1.72. The number of hydrazine groups is 2. The van der Waals surface area contributed by atoms with E-state index in [2.05, 4.69) is 37.3 Å². The standard InChI is InChI=1S/C27H34N8O4/c1-15(2)22(32-24(36)19-8-3-4-11-28-19)26(38)31-20-10-9-16-6-5-7-17-12-21(35(23(16)17)27(20)39)25(37)29-13-18-14-30-34-33-18/h3-8,11,15,18,20-22,30,33-34H,9-10,12-14H2,1-2H3,(H,29,37)(H,31,38)(H,32,36)/t18?,20-,21-,22-/m0/s1. The molecule has 4 atom stereocenters. The molecule has 1 unspecified atom stereocenters. The Balaban J connectivity index is 1.32. The van der Waals surface area contributed by atoms with Crippen LogP contribution in [0.25, 0.3) is 0 Å². The van der Waals surface area contributed by atoms with Crippen molar-refractivity contribution in [2.75, 3.05) is 18.0 Å². The first-order chi connectivity index (χ1) is 18.8. The first kappa shape index (κ1) is 26.7. The van der Waals surface area contributed by atoms with Gasteiger partial charge in [0.1, 0.15) is 23.8 Å². The molecule has 39 heavy (non-hydrogen) atoms. The van der Waals surface area contributed by atoms with E-state index in [1.807, 2.05) is 32.0 Å². The molecule has 12 nitrogen and oxygen atoms in total. The SMILES string of the molecule is CC(C)[C@H](NC(=O)c1ccccn1)C(=O)N[C@H]1CCc2cccc3c2N(C1=O)[C@H](C(=O)NCC1CNNN1)C3. The van der Waals surface area contributed by atoms with Crippen molar-refractivity contribution in [2.45, 2.75) is 57.3 Å². The second-order valence-corrected chi connectivity index (χ2v) is 10.5. The van der Waals surface area contributed by atoms with Gasteiger partial charge in [-0.25, -0.2) is 10.9 Å². The Morgan fingerprint density at radius 2 is 1.95 bits per heavy atom. The third-order valence-corrected chi connectivity index (χ3v) is 7.40. The van der Waals surface area contributed by atoms with E-state index in [1.54, 1.807) is 23.1 Å². The number of hydrogen-bond acceptors (Lipinski definition) is 8. The minimum Gasteiger partial charge on any atom is -0.353 e. The Morgan fingerprint density at radius 1 is 1.13 bits per heavy atom. The first-order valence-electron chi connectivity index (χ1n) is 13.3. The lowest BCUT2D eigenvalue weighted by atomic mass is 10.00. The van der Waals surface area contributed by atoms with Gasteiger partial charge in [-0.05, 0) is 42.0 Å². The number of para-hydroxylation sites is 1. The van der Waals surface area contributed by atoms with Crippen LogP contribution in [0.4, 0.5) is 5.69 Å². The molecule has 0 radical (unpaired) electrons. The molecule has 6 N–H and O–H groups in total. The highest BCUT2D eigenvalue weighted by atomic mass is 16.2. The Labute approximate surface area is 226 Å². The Morgan fingerprint density at radius 3 is 2.67 bits per heavy atom. The van der Waals surface area contributed by atoms with Crippen molar-refractivity contribution in [2.24, 2.45) is 5.92 Å². The van der Waals surface area contributed by atoms with Gasteiger partial charge in [0, 0.05) is 25.7 Å². The highest BCUT2D eigenvalue weighted by Gasteiger charge is 2.44. The van der Waals surface area contributed by atoms with Gasteiger partial charge in [-0.2, -0.15) is 5.53 Å². The zero-order valence-electron chi connectivity index (χ0n) is 22.0. The summed E-state index contributed by atoms with van der Waals surface area (Å²) in [5.41, 5.74) is 11.7. The minimum absolute atomic E-state index is 0.0226. The number of aromatic nitrogens is 1. The van der Waals surface area contributed by atoms with E-state index in [0.29, 0.717) is 32.4 Å².